The van der Waals surface area contributed by atoms with E-state index in [4.69, 9.17) is 10.5 Å². The van der Waals surface area contributed by atoms with Crippen LogP contribution in [-0.4, -0.2) is 24.6 Å². The molecule has 2 rings (SSSR count). The number of hydrogen-bond acceptors (Lipinski definition) is 3. The lowest BCUT2D eigenvalue weighted by Gasteiger charge is -2.32. The molecule has 4 heteroatoms. The number of nitrogen functional groups attached to an aromatic ring is 1. The zero-order valence-corrected chi connectivity index (χ0v) is 8.64. The molecule has 1 fully saturated rings. The fourth-order valence-corrected chi connectivity index (χ4v) is 1.79. The average molecular weight is 206 g/mol. The number of hydrogen-bond donors (Lipinski definition) is 1. The van der Waals surface area contributed by atoms with E-state index < -0.39 is 0 Å². The highest BCUT2D eigenvalue weighted by Crippen LogP contribution is 2.27. The van der Waals surface area contributed by atoms with Crippen LogP contribution in [-0.2, 0) is 4.74 Å². The molecule has 1 saturated heterocycles. The van der Waals surface area contributed by atoms with E-state index in [-0.39, 0.29) is 12.1 Å². The third-order valence-corrected chi connectivity index (χ3v) is 2.69. The molecule has 15 heavy (non-hydrogen) atoms. The van der Waals surface area contributed by atoms with Gasteiger partial charge in [0.05, 0.1) is 12.6 Å². The van der Waals surface area contributed by atoms with Gasteiger partial charge in [-0.05, 0) is 17.7 Å². The lowest BCUT2D eigenvalue weighted by atomic mass is 10.0. The molecule has 0 radical (unpaired) electrons. The number of rotatable bonds is 1. The molecule has 1 aromatic carbocycles. The van der Waals surface area contributed by atoms with Crippen molar-refractivity contribution < 1.29 is 9.53 Å². The maximum atomic E-state index is 11.3. The Bertz CT molecular complexity index is 361. The normalized spacial score (nSPS) is 21.3. The quantitative estimate of drug-likeness (QED) is 0.712. The number of carbonyl (C=O) groups is 1. The Morgan fingerprint density at radius 3 is 2.73 bits per heavy atom. The second-order valence-electron chi connectivity index (χ2n) is 3.70. The van der Waals surface area contributed by atoms with Gasteiger partial charge in [-0.2, -0.15) is 0 Å². The van der Waals surface area contributed by atoms with E-state index >= 15 is 0 Å². The van der Waals surface area contributed by atoms with Crippen LogP contribution in [0.15, 0.2) is 24.3 Å². The largest absolute Gasteiger partial charge is 0.449 e. The van der Waals surface area contributed by atoms with E-state index in [2.05, 4.69) is 0 Å². The Balaban J connectivity index is 2.22. The van der Waals surface area contributed by atoms with Crippen LogP contribution >= 0.6 is 0 Å². The molecule has 0 saturated carbocycles. The number of cyclic esters (lactones) is 1. The first-order valence-corrected chi connectivity index (χ1v) is 4.93. The van der Waals surface area contributed by atoms with Crippen molar-refractivity contribution >= 4 is 11.8 Å². The number of benzene rings is 1. The van der Waals surface area contributed by atoms with E-state index in [9.17, 15) is 4.79 Å². The summed E-state index contributed by atoms with van der Waals surface area (Å²) in [6, 6.07) is 7.71. The third-order valence-electron chi connectivity index (χ3n) is 2.69. The van der Waals surface area contributed by atoms with Crippen molar-refractivity contribution in [3.05, 3.63) is 29.8 Å². The number of nitrogens with two attached hydrogens (primary N) is 1. The lowest BCUT2D eigenvalue weighted by Crippen LogP contribution is -2.37. The maximum Gasteiger partial charge on any atom is 0.410 e. The molecule has 1 aromatic rings. The summed E-state index contributed by atoms with van der Waals surface area (Å²) in [7, 11) is 1.75. The summed E-state index contributed by atoms with van der Waals surface area (Å²) in [5.74, 6) is 0. The summed E-state index contributed by atoms with van der Waals surface area (Å²) in [5, 5.41) is 0. The summed E-state index contributed by atoms with van der Waals surface area (Å²) >= 11 is 0. The van der Waals surface area contributed by atoms with Gasteiger partial charge in [0.1, 0.15) is 0 Å². The molecule has 80 valence electrons. The number of amides is 1. The zero-order chi connectivity index (χ0) is 10.8. The van der Waals surface area contributed by atoms with Gasteiger partial charge < -0.3 is 15.4 Å². The highest BCUT2D eigenvalue weighted by Gasteiger charge is 2.27. The van der Waals surface area contributed by atoms with Crippen molar-refractivity contribution in [1.82, 2.24) is 4.90 Å². The Kier molecular flexibility index (Phi) is 2.49. The molecule has 1 heterocycles. The smallest absolute Gasteiger partial charge is 0.410 e. The van der Waals surface area contributed by atoms with Crippen LogP contribution in [0.5, 0.6) is 0 Å². The zero-order valence-electron chi connectivity index (χ0n) is 8.64. The minimum Gasteiger partial charge on any atom is -0.449 e. The highest BCUT2D eigenvalue weighted by molar-refractivity contribution is 5.68. The monoisotopic (exact) mass is 206 g/mol. The summed E-state index contributed by atoms with van der Waals surface area (Å²) in [5.41, 5.74) is 7.45. The topological polar surface area (TPSA) is 55.6 Å². The van der Waals surface area contributed by atoms with Gasteiger partial charge in [0, 0.05) is 19.2 Å². The second-order valence-corrected chi connectivity index (χ2v) is 3.70. The molecule has 0 spiro atoms. The second kappa shape index (κ2) is 3.81. The van der Waals surface area contributed by atoms with Crippen molar-refractivity contribution in [1.29, 1.82) is 0 Å². The van der Waals surface area contributed by atoms with Gasteiger partial charge in [-0.15, -0.1) is 0 Å². The van der Waals surface area contributed by atoms with Crippen molar-refractivity contribution in [2.24, 2.45) is 0 Å². The fraction of sp³-hybridized carbons (Fsp3) is 0.364. The van der Waals surface area contributed by atoms with Gasteiger partial charge in [-0.1, -0.05) is 12.1 Å². The van der Waals surface area contributed by atoms with Crippen LogP contribution in [0.25, 0.3) is 0 Å². The van der Waals surface area contributed by atoms with Crippen molar-refractivity contribution in [3.8, 4) is 0 Å². The maximum absolute atomic E-state index is 11.3. The fourth-order valence-electron chi connectivity index (χ4n) is 1.79. The van der Waals surface area contributed by atoms with Gasteiger partial charge in [0.2, 0.25) is 0 Å². The van der Waals surface area contributed by atoms with E-state index in [1.54, 1.807) is 11.9 Å². The molecule has 0 aliphatic carbocycles. The Labute approximate surface area is 88.6 Å². The first kappa shape index (κ1) is 9.83. The average Bonchev–Trinajstić information content (AvgIpc) is 2.24. The van der Waals surface area contributed by atoms with Gasteiger partial charge in [-0.25, -0.2) is 4.79 Å². The summed E-state index contributed by atoms with van der Waals surface area (Å²) < 4.78 is 4.93. The molecular formula is C11H14N2O2. The van der Waals surface area contributed by atoms with Crippen LogP contribution < -0.4 is 5.73 Å². The number of ether oxygens (including phenoxy) is 1. The van der Waals surface area contributed by atoms with Gasteiger partial charge in [-0.3, -0.25) is 0 Å². The van der Waals surface area contributed by atoms with Gasteiger partial charge in [0.25, 0.3) is 0 Å². The van der Waals surface area contributed by atoms with E-state index in [1.165, 1.54) is 0 Å². The van der Waals surface area contributed by atoms with Crippen LogP contribution in [0.2, 0.25) is 0 Å². The van der Waals surface area contributed by atoms with Crippen LogP contribution in [0.4, 0.5) is 10.5 Å². The molecule has 0 aromatic heterocycles. The van der Waals surface area contributed by atoms with Gasteiger partial charge in [0.15, 0.2) is 0 Å². The molecule has 2 N–H and O–H groups in total. The summed E-state index contributed by atoms with van der Waals surface area (Å²) in [4.78, 5) is 12.9. The minimum atomic E-state index is -0.261. The molecular weight excluding hydrogens is 192 g/mol. The Morgan fingerprint density at radius 1 is 1.40 bits per heavy atom. The summed E-state index contributed by atoms with van der Waals surface area (Å²) in [6.45, 7) is 0.484. The molecule has 0 bridgehead atoms. The molecule has 1 atom stereocenters. The molecule has 1 amide bonds. The number of nitrogens with zero attached hydrogens (tertiary/aromatic N) is 1. The Morgan fingerprint density at radius 2 is 2.07 bits per heavy atom. The van der Waals surface area contributed by atoms with E-state index in [1.807, 2.05) is 24.3 Å². The Hall–Kier alpha value is -1.71. The van der Waals surface area contributed by atoms with E-state index in [0.717, 1.165) is 17.7 Å². The predicted molar refractivity (Wildman–Crippen MR) is 57.3 cm³/mol. The predicted octanol–water partition coefficient (Wildman–Crippen LogP) is 1.78. The SMILES string of the molecule is CN1C(=O)OCCC1c1ccc(N)cc1. The molecule has 1 aliphatic heterocycles. The first-order valence-electron chi connectivity index (χ1n) is 4.93. The molecule has 4 nitrogen and oxygen atoms in total. The number of anilines is 1. The van der Waals surface area contributed by atoms with Crippen LogP contribution in [0, 0.1) is 0 Å². The highest BCUT2D eigenvalue weighted by atomic mass is 16.6. The van der Waals surface area contributed by atoms with Gasteiger partial charge >= 0.3 is 6.09 Å². The van der Waals surface area contributed by atoms with Crippen molar-refractivity contribution in [2.45, 2.75) is 12.5 Å². The van der Waals surface area contributed by atoms with Crippen molar-refractivity contribution in [2.75, 3.05) is 19.4 Å². The number of carbonyl (C=O) groups excluding carboxylic acids is 1. The van der Waals surface area contributed by atoms with Crippen molar-refractivity contribution in [3.63, 3.8) is 0 Å². The lowest BCUT2D eigenvalue weighted by molar-refractivity contribution is 0.0559. The minimum absolute atomic E-state index is 0.104. The van der Waals surface area contributed by atoms with E-state index in [0.29, 0.717) is 6.61 Å². The van der Waals surface area contributed by atoms with Crippen LogP contribution in [0.3, 0.4) is 0 Å². The first-order chi connectivity index (χ1) is 7.18. The molecule has 1 aliphatic rings. The third kappa shape index (κ3) is 1.88. The summed E-state index contributed by atoms with van der Waals surface area (Å²) in [6.07, 6.45) is 0.565. The molecule has 1 unspecified atom stereocenters. The van der Waals surface area contributed by atoms with Crippen LogP contribution in [0.1, 0.15) is 18.0 Å². The standard InChI is InChI=1S/C11H14N2O2/c1-13-10(6-7-15-11(13)14)8-2-4-9(12)5-3-8/h2-5,10H,6-7,12H2,1H3.